The summed E-state index contributed by atoms with van der Waals surface area (Å²) in [5.41, 5.74) is 5.25. The standard InChI is InChI=1S/C9H20N2OS/c1-3-6-11-8(9(10)12)5-4-7-13-2/h8,11H,3-7H2,1-2H3,(H2,10,12). The molecule has 78 valence electrons. The molecule has 0 aromatic carbocycles. The Morgan fingerprint density at radius 2 is 2.31 bits per heavy atom. The number of amides is 1. The van der Waals surface area contributed by atoms with Gasteiger partial charge in [-0.15, -0.1) is 0 Å². The molecular formula is C9H20N2OS. The molecule has 1 atom stereocenters. The van der Waals surface area contributed by atoms with Gasteiger partial charge in [0.15, 0.2) is 0 Å². The van der Waals surface area contributed by atoms with Crippen LogP contribution in [0.3, 0.4) is 0 Å². The molecule has 0 spiro atoms. The van der Waals surface area contributed by atoms with Gasteiger partial charge in [-0.05, 0) is 37.8 Å². The fourth-order valence-corrected chi connectivity index (χ4v) is 1.55. The third kappa shape index (κ3) is 6.90. The Labute approximate surface area is 84.8 Å². The van der Waals surface area contributed by atoms with Crippen LogP contribution in [0.1, 0.15) is 26.2 Å². The van der Waals surface area contributed by atoms with Crippen molar-refractivity contribution in [3.8, 4) is 0 Å². The number of thioether (sulfide) groups is 1. The number of primary amides is 1. The highest BCUT2D eigenvalue weighted by atomic mass is 32.2. The van der Waals surface area contributed by atoms with E-state index < -0.39 is 0 Å². The smallest absolute Gasteiger partial charge is 0.234 e. The quantitative estimate of drug-likeness (QED) is 0.580. The lowest BCUT2D eigenvalue weighted by atomic mass is 10.1. The van der Waals surface area contributed by atoms with E-state index in [9.17, 15) is 4.79 Å². The summed E-state index contributed by atoms with van der Waals surface area (Å²) < 4.78 is 0. The topological polar surface area (TPSA) is 55.1 Å². The van der Waals surface area contributed by atoms with Gasteiger partial charge in [-0.2, -0.15) is 11.8 Å². The predicted molar refractivity (Wildman–Crippen MR) is 58.9 cm³/mol. The summed E-state index contributed by atoms with van der Waals surface area (Å²) in [6, 6.07) is -0.132. The summed E-state index contributed by atoms with van der Waals surface area (Å²) >= 11 is 1.80. The van der Waals surface area contributed by atoms with Crippen LogP contribution >= 0.6 is 11.8 Å². The van der Waals surface area contributed by atoms with Gasteiger partial charge in [0.2, 0.25) is 5.91 Å². The molecule has 0 aromatic heterocycles. The second-order valence-corrected chi connectivity index (χ2v) is 4.03. The van der Waals surface area contributed by atoms with Crippen molar-refractivity contribution >= 4 is 17.7 Å². The van der Waals surface area contributed by atoms with Gasteiger partial charge in [0.25, 0.3) is 0 Å². The van der Waals surface area contributed by atoms with Gasteiger partial charge in [-0.1, -0.05) is 6.92 Å². The largest absolute Gasteiger partial charge is 0.368 e. The Morgan fingerprint density at radius 3 is 2.77 bits per heavy atom. The second kappa shape index (κ2) is 8.38. The van der Waals surface area contributed by atoms with Gasteiger partial charge in [0.05, 0.1) is 6.04 Å². The summed E-state index contributed by atoms with van der Waals surface area (Å²) in [4.78, 5) is 11.0. The van der Waals surface area contributed by atoms with Gasteiger partial charge in [-0.25, -0.2) is 0 Å². The van der Waals surface area contributed by atoms with Crippen LogP contribution in [-0.4, -0.2) is 30.5 Å². The van der Waals surface area contributed by atoms with Crippen molar-refractivity contribution in [1.29, 1.82) is 0 Å². The maximum absolute atomic E-state index is 11.0. The van der Waals surface area contributed by atoms with Crippen molar-refractivity contribution in [2.24, 2.45) is 5.73 Å². The Kier molecular flexibility index (Phi) is 8.24. The molecule has 1 amide bonds. The molecule has 0 fully saturated rings. The average molecular weight is 204 g/mol. The number of hydrogen-bond donors (Lipinski definition) is 2. The van der Waals surface area contributed by atoms with Crippen molar-refractivity contribution < 1.29 is 4.79 Å². The van der Waals surface area contributed by atoms with E-state index in [2.05, 4.69) is 18.5 Å². The van der Waals surface area contributed by atoms with Crippen molar-refractivity contribution in [2.75, 3.05) is 18.6 Å². The predicted octanol–water partition coefficient (Wildman–Crippen LogP) is 0.983. The molecule has 0 aliphatic heterocycles. The van der Waals surface area contributed by atoms with E-state index in [1.54, 1.807) is 11.8 Å². The Balaban J connectivity index is 3.61. The summed E-state index contributed by atoms with van der Waals surface area (Å²) in [6.45, 7) is 2.94. The minimum atomic E-state index is -0.227. The summed E-state index contributed by atoms with van der Waals surface area (Å²) in [6.07, 6.45) is 5.01. The number of rotatable bonds is 8. The van der Waals surface area contributed by atoms with E-state index in [-0.39, 0.29) is 11.9 Å². The van der Waals surface area contributed by atoms with Crippen molar-refractivity contribution in [3.63, 3.8) is 0 Å². The lowest BCUT2D eigenvalue weighted by molar-refractivity contribution is -0.120. The first-order valence-corrected chi connectivity index (χ1v) is 6.13. The molecule has 3 nitrogen and oxygen atoms in total. The van der Waals surface area contributed by atoms with Crippen molar-refractivity contribution in [3.05, 3.63) is 0 Å². The molecule has 0 aromatic rings. The zero-order chi connectivity index (χ0) is 10.1. The Morgan fingerprint density at radius 1 is 1.62 bits per heavy atom. The Bertz CT molecular complexity index is 142. The summed E-state index contributed by atoms with van der Waals surface area (Å²) in [5.74, 6) is 0.868. The van der Waals surface area contributed by atoms with Crippen LogP contribution in [0.4, 0.5) is 0 Å². The molecule has 13 heavy (non-hydrogen) atoms. The maximum Gasteiger partial charge on any atom is 0.234 e. The van der Waals surface area contributed by atoms with Gasteiger partial charge in [-0.3, -0.25) is 4.79 Å². The molecular weight excluding hydrogens is 184 g/mol. The van der Waals surface area contributed by atoms with E-state index >= 15 is 0 Å². The van der Waals surface area contributed by atoms with Crippen LogP contribution in [0, 0.1) is 0 Å². The second-order valence-electron chi connectivity index (χ2n) is 3.04. The Hall–Kier alpha value is -0.220. The van der Waals surface area contributed by atoms with Crippen LogP contribution < -0.4 is 11.1 Å². The molecule has 0 saturated carbocycles. The molecule has 0 saturated heterocycles. The first-order chi connectivity index (χ1) is 6.22. The molecule has 3 N–H and O–H groups in total. The van der Waals surface area contributed by atoms with E-state index in [1.165, 1.54) is 0 Å². The molecule has 0 rings (SSSR count). The molecule has 0 bridgehead atoms. The molecule has 0 heterocycles. The van der Waals surface area contributed by atoms with Crippen molar-refractivity contribution in [2.45, 2.75) is 32.2 Å². The summed E-state index contributed by atoms with van der Waals surface area (Å²) in [5, 5.41) is 3.14. The molecule has 0 radical (unpaired) electrons. The number of hydrogen-bond acceptors (Lipinski definition) is 3. The SMILES string of the molecule is CCCNC(CCCSC)C(N)=O. The number of carbonyl (C=O) groups is 1. The van der Waals surface area contributed by atoms with Gasteiger partial charge >= 0.3 is 0 Å². The van der Waals surface area contributed by atoms with Gasteiger partial charge < -0.3 is 11.1 Å². The third-order valence-electron chi connectivity index (χ3n) is 1.83. The van der Waals surface area contributed by atoms with E-state index in [4.69, 9.17) is 5.73 Å². The molecule has 0 aliphatic carbocycles. The fraction of sp³-hybridized carbons (Fsp3) is 0.889. The third-order valence-corrected chi connectivity index (χ3v) is 2.52. The first kappa shape index (κ1) is 12.8. The molecule has 1 unspecified atom stereocenters. The highest BCUT2D eigenvalue weighted by molar-refractivity contribution is 7.98. The minimum absolute atomic E-state index is 0.132. The molecule has 4 heteroatoms. The normalized spacial score (nSPS) is 12.8. The van der Waals surface area contributed by atoms with Crippen LogP contribution in [0.25, 0.3) is 0 Å². The van der Waals surface area contributed by atoms with Crippen LogP contribution in [0.15, 0.2) is 0 Å². The number of carbonyl (C=O) groups excluding carboxylic acids is 1. The highest BCUT2D eigenvalue weighted by Gasteiger charge is 2.12. The highest BCUT2D eigenvalue weighted by Crippen LogP contribution is 2.02. The maximum atomic E-state index is 11.0. The average Bonchev–Trinajstić information content (AvgIpc) is 2.10. The lowest BCUT2D eigenvalue weighted by Crippen LogP contribution is -2.41. The van der Waals surface area contributed by atoms with Crippen LogP contribution in [-0.2, 0) is 4.79 Å². The minimum Gasteiger partial charge on any atom is -0.368 e. The summed E-state index contributed by atoms with van der Waals surface area (Å²) in [7, 11) is 0. The van der Waals surface area contributed by atoms with E-state index in [0.717, 1.165) is 31.6 Å². The number of nitrogens with one attached hydrogen (secondary N) is 1. The molecule has 0 aliphatic rings. The zero-order valence-corrected chi connectivity index (χ0v) is 9.32. The lowest BCUT2D eigenvalue weighted by Gasteiger charge is -2.13. The van der Waals surface area contributed by atoms with E-state index in [1.807, 2.05) is 0 Å². The number of nitrogens with two attached hydrogens (primary N) is 1. The van der Waals surface area contributed by atoms with Crippen LogP contribution in [0.5, 0.6) is 0 Å². The fourth-order valence-electron chi connectivity index (χ4n) is 1.10. The van der Waals surface area contributed by atoms with E-state index in [0.29, 0.717) is 0 Å². The zero-order valence-electron chi connectivity index (χ0n) is 8.51. The van der Waals surface area contributed by atoms with Gasteiger partial charge in [0.1, 0.15) is 0 Å². The monoisotopic (exact) mass is 204 g/mol. The van der Waals surface area contributed by atoms with Crippen molar-refractivity contribution in [1.82, 2.24) is 5.32 Å². The first-order valence-electron chi connectivity index (χ1n) is 4.74. The van der Waals surface area contributed by atoms with Crippen LogP contribution in [0.2, 0.25) is 0 Å². The van der Waals surface area contributed by atoms with Gasteiger partial charge in [0, 0.05) is 0 Å².